The van der Waals surface area contributed by atoms with E-state index < -0.39 is 10.0 Å². The van der Waals surface area contributed by atoms with E-state index in [1.54, 1.807) is 11.8 Å². The summed E-state index contributed by atoms with van der Waals surface area (Å²) in [7, 11) is -3.23. The van der Waals surface area contributed by atoms with Crippen molar-refractivity contribution in [1.29, 1.82) is 0 Å². The number of hydrogen-bond acceptors (Lipinski definition) is 6. The van der Waals surface area contributed by atoms with E-state index >= 15 is 0 Å². The van der Waals surface area contributed by atoms with Crippen LogP contribution < -0.4 is 4.72 Å². The summed E-state index contributed by atoms with van der Waals surface area (Å²) in [5.74, 6) is 1.30. The van der Waals surface area contributed by atoms with Gasteiger partial charge >= 0.3 is 0 Å². The van der Waals surface area contributed by atoms with E-state index in [1.165, 1.54) is 0 Å². The average molecular weight is 344 g/mol. The Labute approximate surface area is 136 Å². The van der Waals surface area contributed by atoms with E-state index in [4.69, 9.17) is 4.52 Å². The molecule has 9 heteroatoms. The quantitative estimate of drug-likeness (QED) is 0.741. The number of nitrogens with one attached hydrogen (secondary N) is 1. The maximum Gasteiger partial charge on any atom is 0.226 e. The van der Waals surface area contributed by atoms with E-state index in [9.17, 15) is 13.2 Å². The zero-order valence-electron chi connectivity index (χ0n) is 13.6. The first-order valence-corrected chi connectivity index (χ1v) is 9.62. The first kappa shape index (κ1) is 17.9. The number of rotatable bonds is 8. The van der Waals surface area contributed by atoms with Crippen LogP contribution in [0.2, 0.25) is 0 Å². The fraction of sp³-hybridized carbons (Fsp3) is 0.786. The summed E-state index contributed by atoms with van der Waals surface area (Å²) in [5.41, 5.74) is 0. The van der Waals surface area contributed by atoms with Gasteiger partial charge in [-0.15, -0.1) is 0 Å². The number of aryl methyl sites for hydroxylation is 2. The van der Waals surface area contributed by atoms with Gasteiger partial charge in [0.05, 0.1) is 5.75 Å². The van der Waals surface area contributed by atoms with Crippen LogP contribution in [0.4, 0.5) is 0 Å². The molecule has 1 aliphatic heterocycles. The molecule has 1 atom stereocenters. The Bertz CT molecular complexity index is 628. The second kappa shape index (κ2) is 7.87. The van der Waals surface area contributed by atoms with Crippen molar-refractivity contribution in [3.8, 4) is 0 Å². The maximum atomic E-state index is 12.2. The third kappa shape index (κ3) is 5.58. The Morgan fingerprint density at radius 2 is 2.26 bits per heavy atom. The Morgan fingerprint density at radius 1 is 1.48 bits per heavy atom. The van der Waals surface area contributed by atoms with Gasteiger partial charge in [-0.3, -0.25) is 4.79 Å². The predicted molar refractivity (Wildman–Crippen MR) is 84.2 cm³/mol. The third-order valence-electron chi connectivity index (χ3n) is 3.71. The Kier molecular flexibility index (Phi) is 6.11. The second-order valence-electron chi connectivity index (χ2n) is 5.85. The van der Waals surface area contributed by atoms with Crippen LogP contribution in [0, 0.1) is 6.92 Å². The molecule has 1 fully saturated rings. The van der Waals surface area contributed by atoms with Crippen molar-refractivity contribution in [1.82, 2.24) is 19.8 Å². The third-order valence-corrected chi connectivity index (χ3v) is 5.35. The molecule has 8 nitrogen and oxygen atoms in total. The summed E-state index contributed by atoms with van der Waals surface area (Å²) in [5, 5.41) is 3.70. The number of carbonyl (C=O) groups is 1. The van der Waals surface area contributed by atoms with E-state index in [2.05, 4.69) is 14.9 Å². The van der Waals surface area contributed by atoms with Crippen molar-refractivity contribution in [2.24, 2.45) is 0 Å². The van der Waals surface area contributed by atoms with Gasteiger partial charge < -0.3 is 9.42 Å². The molecule has 0 aliphatic carbocycles. The molecule has 0 radical (unpaired) electrons. The molecule has 0 spiro atoms. The highest BCUT2D eigenvalue weighted by Gasteiger charge is 2.28. The summed E-state index contributed by atoms with van der Waals surface area (Å²) in [4.78, 5) is 18.0. The molecule has 1 aromatic rings. The lowest BCUT2D eigenvalue weighted by atomic mass is 10.2. The van der Waals surface area contributed by atoms with Gasteiger partial charge in [0.15, 0.2) is 5.82 Å². The molecule has 1 aliphatic rings. The van der Waals surface area contributed by atoms with Crippen LogP contribution in [0.15, 0.2) is 4.52 Å². The lowest BCUT2D eigenvalue weighted by molar-refractivity contribution is -0.130. The van der Waals surface area contributed by atoms with Crippen LogP contribution >= 0.6 is 0 Å². The lowest BCUT2D eigenvalue weighted by Crippen LogP contribution is -2.39. The van der Waals surface area contributed by atoms with Gasteiger partial charge in [0.1, 0.15) is 0 Å². The lowest BCUT2D eigenvalue weighted by Gasteiger charge is -2.17. The van der Waals surface area contributed by atoms with Crippen LogP contribution in [-0.4, -0.2) is 54.2 Å². The largest absolute Gasteiger partial charge is 0.341 e. The van der Waals surface area contributed by atoms with Crippen LogP contribution in [-0.2, 0) is 21.2 Å². The number of hydrogen-bond donors (Lipinski definition) is 1. The van der Waals surface area contributed by atoms with E-state index in [1.807, 2.05) is 6.92 Å². The van der Waals surface area contributed by atoms with Crippen molar-refractivity contribution in [2.45, 2.75) is 52.0 Å². The molecule has 2 rings (SSSR count). The van der Waals surface area contributed by atoms with Gasteiger partial charge in [-0.1, -0.05) is 12.1 Å². The normalized spacial score (nSPS) is 18.5. The van der Waals surface area contributed by atoms with Gasteiger partial charge in [0.25, 0.3) is 0 Å². The monoisotopic (exact) mass is 344 g/mol. The first-order valence-electron chi connectivity index (χ1n) is 7.96. The van der Waals surface area contributed by atoms with Gasteiger partial charge in [0.2, 0.25) is 21.8 Å². The molecule has 0 saturated carbocycles. The molecule has 23 heavy (non-hydrogen) atoms. The van der Waals surface area contributed by atoms with Crippen molar-refractivity contribution in [2.75, 3.05) is 18.8 Å². The van der Waals surface area contributed by atoms with Crippen molar-refractivity contribution >= 4 is 15.9 Å². The molecule has 2 heterocycles. The Morgan fingerprint density at radius 3 is 2.91 bits per heavy atom. The van der Waals surface area contributed by atoms with Crippen LogP contribution in [0.3, 0.4) is 0 Å². The number of sulfonamides is 1. The molecule has 1 aromatic heterocycles. The van der Waals surface area contributed by atoms with E-state index in [0.29, 0.717) is 56.9 Å². The number of nitrogens with zero attached hydrogens (tertiary/aromatic N) is 3. The number of carbonyl (C=O) groups excluding carboxylic acids is 1. The molecular formula is C14H24N4O4S. The zero-order chi connectivity index (χ0) is 16.9. The minimum absolute atomic E-state index is 0.0402. The summed E-state index contributed by atoms with van der Waals surface area (Å²) in [6.45, 7) is 4.62. The highest BCUT2D eigenvalue weighted by atomic mass is 32.2. The summed E-state index contributed by atoms with van der Waals surface area (Å²) in [6.07, 6.45) is 2.86. The van der Waals surface area contributed by atoms with E-state index in [0.717, 1.165) is 0 Å². The van der Waals surface area contributed by atoms with Crippen molar-refractivity contribution in [3.05, 3.63) is 11.7 Å². The summed E-state index contributed by atoms with van der Waals surface area (Å²) in [6, 6.07) is -0.172. The highest BCUT2D eigenvalue weighted by molar-refractivity contribution is 7.89. The average Bonchev–Trinajstić information content (AvgIpc) is 3.07. The fourth-order valence-electron chi connectivity index (χ4n) is 2.66. The maximum absolute atomic E-state index is 12.2. The second-order valence-corrected chi connectivity index (χ2v) is 7.72. The number of likely N-dealkylation sites (tertiary alicyclic amines) is 1. The molecule has 0 bridgehead atoms. The Balaban J connectivity index is 1.72. The summed E-state index contributed by atoms with van der Waals surface area (Å²) < 4.78 is 31.2. The van der Waals surface area contributed by atoms with Crippen LogP contribution in [0.25, 0.3) is 0 Å². The zero-order valence-corrected chi connectivity index (χ0v) is 14.4. The highest BCUT2D eigenvalue weighted by Crippen LogP contribution is 2.13. The van der Waals surface area contributed by atoms with Gasteiger partial charge in [-0.2, -0.15) is 4.98 Å². The van der Waals surface area contributed by atoms with E-state index in [-0.39, 0.29) is 17.7 Å². The number of amides is 1. The van der Waals surface area contributed by atoms with Gasteiger partial charge in [-0.25, -0.2) is 13.1 Å². The SMILES string of the molecule is CCCS(=O)(=O)N[C@H]1CCN(C(=O)CCCc2nc(C)no2)C1. The van der Waals surface area contributed by atoms with Crippen molar-refractivity contribution < 1.29 is 17.7 Å². The molecule has 0 unspecified atom stereocenters. The number of aromatic nitrogens is 2. The topological polar surface area (TPSA) is 105 Å². The molecule has 0 aromatic carbocycles. The summed E-state index contributed by atoms with van der Waals surface area (Å²) >= 11 is 0. The van der Waals surface area contributed by atoms with Gasteiger partial charge in [0, 0.05) is 32.0 Å². The molecule has 1 N–H and O–H groups in total. The minimum Gasteiger partial charge on any atom is -0.341 e. The predicted octanol–water partition coefficient (Wildman–Crippen LogP) is 0.631. The smallest absolute Gasteiger partial charge is 0.226 e. The standard InChI is InChI=1S/C14H24N4O4S/c1-3-9-23(20,21)17-12-7-8-18(10-12)14(19)6-4-5-13-15-11(2)16-22-13/h12,17H,3-10H2,1-2H3/t12-/m0/s1. The molecule has 1 saturated heterocycles. The molecule has 130 valence electrons. The van der Waals surface area contributed by atoms with Crippen molar-refractivity contribution in [3.63, 3.8) is 0 Å². The molecule has 1 amide bonds. The first-order chi connectivity index (χ1) is 10.9. The van der Waals surface area contributed by atoms with Gasteiger partial charge in [-0.05, 0) is 26.2 Å². The molecular weight excluding hydrogens is 320 g/mol. The Hall–Kier alpha value is -1.48. The fourth-order valence-corrected chi connectivity index (χ4v) is 4.01. The van der Waals surface area contributed by atoms with Crippen LogP contribution in [0.1, 0.15) is 44.3 Å². The van der Waals surface area contributed by atoms with Crippen LogP contribution in [0.5, 0.6) is 0 Å². The minimum atomic E-state index is -3.23.